The van der Waals surface area contributed by atoms with Crippen LogP contribution in [0.25, 0.3) is 0 Å². The van der Waals surface area contributed by atoms with E-state index in [9.17, 15) is 0 Å². The molecule has 0 radical (unpaired) electrons. The predicted octanol–water partition coefficient (Wildman–Crippen LogP) is 2.17. The van der Waals surface area contributed by atoms with Crippen molar-refractivity contribution in [2.45, 2.75) is 6.54 Å². The standard InChI is InChI=1S/C14H14N4/c1-18(14-6-7-17-9-13(14)16)10-12-4-2-11(8-15)3-5-12/h2-7,9H,10,16H2,1H3. The molecule has 0 spiro atoms. The van der Waals surface area contributed by atoms with Gasteiger partial charge in [0.15, 0.2) is 0 Å². The number of nitrogens with zero attached hydrogens (tertiary/aromatic N) is 3. The zero-order valence-corrected chi connectivity index (χ0v) is 10.2. The van der Waals surface area contributed by atoms with Crippen molar-refractivity contribution in [1.29, 1.82) is 5.26 Å². The molecular formula is C14H14N4. The van der Waals surface area contributed by atoms with Gasteiger partial charge in [0.2, 0.25) is 0 Å². The second-order valence-electron chi connectivity index (χ2n) is 4.10. The molecule has 0 saturated carbocycles. The minimum absolute atomic E-state index is 0.661. The maximum Gasteiger partial charge on any atom is 0.0991 e. The normalized spacial score (nSPS) is 9.78. The molecule has 0 saturated heterocycles. The molecule has 1 heterocycles. The molecule has 4 heteroatoms. The highest BCUT2D eigenvalue weighted by molar-refractivity contribution is 5.65. The highest BCUT2D eigenvalue weighted by atomic mass is 15.1. The van der Waals surface area contributed by atoms with Crippen molar-refractivity contribution in [3.05, 3.63) is 53.9 Å². The fourth-order valence-corrected chi connectivity index (χ4v) is 1.79. The van der Waals surface area contributed by atoms with E-state index in [1.165, 1.54) is 0 Å². The first-order valence-electron chi connectivity index (χ1n) is 5.60. The van der Waals surface area contributed by atoms with Gasteiger partial charge in [-0.2, -0.15) is 5.26 Å². The summed E-state index contributed by atoms with van der Waals surface area (Å²) in [5.41, 5.74) is 9.29. The Kier molecular flexibility index (Phi) is 3.44. The first-order valence-corrected chi connectivity index (χ1v) is 5.60. The van der Waals surface area contributed by atoms with E-state index in [2.05, 4.69) is 16.0 Å². The molecule has 4 nitrogen and oxygen atoms in total. The van der Waals surface area contributed by atoms with Gasteiger partial charge in [-0.15, -0.1) is 0 Å². The number of benzene rings is 1. The van der Waals surface area contributed by atoms with Crippen LogP contribution in [0.5, 0.6) is 0 Å². The summed E-state index contributed by atoms with van der Waals surface area (Å²) in [5.74, 6) is 0. The summed E-state index contributed by atoms with van der Waals surface area (Å²) in [4.78, 5) is 6.02. The second-order valence-corrected chi connectivity index (χ2v) is 4.10. The van der Waals surface area contributed by atoms with Crippen LogP contribution in [0.1, 0.15) is 11.1 Å². The van der Waals surface area contributed by atoms with Gasteiger partial charge < -0.3 is 10.6 Å². The average molecular weight is 238 g/mol. The minimum atomic E-state index is 0.661. The molecule has 1 aromatic heterocycles. The molecule has 2 rings (SSSR count). The summed E-state index contributed by atoms with van der Waals surface area (Å²) in [7, 11) is 1.98. The van der Waals surface area contributed by atoms with Crippen LogP contribution < -0.4 is 10.6 Å². The molecule has 0 fully saturated rings. The van der Waals surface area contributed by atoms with E-state index in [4.69, 9.17) is 11.0 Å². The maximum atomic E-state index is 8.74. The highest BCUT2D eigenvalue weighted by Crippen LogP contribution is 2.21. The van der Waals surface area contributed by atoms with Crippen molar-refractivity contribution >= 4 is 11.4 Å². The Morgan fingerprint density at radius 3 is 2.61 bits per heavy atom. The second kappa shape index (κ2) is 5.19. The summed E-state index contributed by atoms with van der Waals surface area (Å²) in [6.07, 6.45) is 3.37. The Morgan fingerprint density at radius 1 is 1.28 bits per heavy atom. The largest absolute Gasteiger partial charge is 0.396 e. The monoisotopic (exact) mass is 238 g/mol. The van der Waals surface area contributed by atoms with Gasteiger partial charge in [0.25, 0.3) is 0 Å². The number of aromatic nitrogens is 1. The highest BCUT2D eigenvalue weighted by Gasteiger charge is 2.05. The molecule has 90 valence electrons. The number of rotatable bonds is 3. The van der Waals surface area contributed by atoms with Crippen LogP contribution in [0.2, 0.25) is 0 Å². The molecule has 0 amide bonds. The van der Waals surface area contributed by atoms with Gasteiger partial charge >= 0.3 is 0 Å². The SMILES string of the molecule is CN(Cc1ccc(C#N)cc1)c1ccncc1N. The van der Waals surface area contributed by atoms with Crippen LogP contribution in [0.15, 0.2) is 42.7 Å². The van der Waals surface area contributed by atoms with Gasteiger partial charge in [0, 0.05) is 19.8 Å². The fourth-order valence-electron chi connectivity index (χ4n) is 1.79. The van der Waals surface area contributed by atoms with Crippen molar-refractivity contribution in [3.8, 4) is 6.07 Å². The quantitative estimate of drug-likeness (QED) is 0.890. The lowest BCUT2D eigenvalue weighted by molar-refractivity contribution is 0.922. The topological polar surface area (TPSA) is 65.9 Å². The lowest BCUT2D eigenvalue weighted by Gasteiger charge is -2.20. The van der Waals surface area contributed by atoms with Crippen molar-refractivity contribution < 1.29 is 0 Å². The Morgan fingerprint density at radius 2 is 2.00 bits per heavy atom. The van der Waals surface area contributed by atoms with E-state index < -0.39 is 0 Å². The zero-order chi connectivity index (χ0) is 13.0. The molecule has 0 unspecified atom stereocenters. The molecule has 2 N–H and O–H groups in total. The van der Waals surface area contributed by atoms with Crippen LogP contribution >= 0.6 is 0 Å². The van der Waals surface area contributed by atoms with Crippen LogP contribution in [-0.2, 0) is 6.54 Å². The number of nitrogen functional groups attached to an aromatic ring is 1. The van der Waals surface area contributed by atoms with Gasteiger partial charge in [-0.25, -0.2) is 0 Å². The maximum absolute atomic E-state index is 8.74. The molecule has 0 atom stereocenters. The van der Waals surface area contributed by atoms with E-state index in [0.717, 1.165) is 17.8 Å². The van der Waals surface area contributed by atoms with Crippen LogP contribution in [0.3, 0.4) is 0 Å². The Bertz CT molecular complexity index is 569. The molecule has 0 aliphatic rings. The summed E-state index contributed by atoms with van der Waals surface area (Å²) >= 11 is 0. The molecule has 0 bridgehead atoms. The van der Waals surface area contributed by atoms with E-state index in [-0.39, 0.29) is 0 Å². The van der Waals surface area contributed by atoms with E-state index in [1.54, 1.807) is 12.4 Å². The van der Waals surface area contributed by atoms with Crippen molar-refractivity contribution in [2.75, 3.05) is 17.7 Å². The number of hydrogen-bond acceptors (Lipinski definition) is 4. The third-order valence-electron chi connectivity index (χ3n) is 2.74. The van der Waals surface area contributed by atoms with Gasteiger partial charge in [-0.3, -0.25) is 4.98 Å². The third kappa shape index (κ3) is 2.58. The number of nitrogens with two attached hydrogens (primary N) is 1. The average Bonchev–Trinajstić information content (AvgIpc) is 2.40. The molecule has 0 aliphatic heterocycles. The lowest BCUT2D eigenvalue weighted by atomic mass is 10.1. The Hall–Kier alpha value is -2.54. The van der Waals surface area contributed by atoms with Crippen molar-refractivity contribution in [3.63, 3.8) is 0 Å². The molecule has 0 aliphatic carbocycles. The van der Waals surface area contributed by atoms with Gasteiger partial charge in [-0.1, -0.05) is 12.1 Å². The van der Waals surface area contributed by atoms with Gasteiger partial charge in [0.05, 0.1) is 29.2 Å². The number of hydrogen-bond donors (Lipinski definition) is 1. The zero-order valence-electron chi connectivity index (χ0n) is 10.2. The molecule has 1 aromatic carbocycles. The Labute approximate surface area is 106 Å². The summed E-state index contributed by atoms with van der Waals surface area (Å²) in [5, 5.41) is 8.74. The molecular weight excluding hydrogens is 224 g/mol. The summed E-state index contributed by atoms with van der Waals surface area (Å²) in [6, 6.07) is 11.5. The fraction of sp³-hybridized carbons (Fsp3) is 0.143. The smallest absolute Gasteiger partial charge is 0.0991 e. The van der Waals surface area contributed by atoms with Gasteiger partial charge in [-0.05, 0) is 23.8 Å². The molecule has 2 aromatic rings. The van der Waals surface area contributed by atoms with Crippen LogP contribution in [-0.4, -0.2) is 12.0 Å². The number of nitriles is 1. The van der Waals surface area contributed by atoms with E-state index in [1.807, 2.05) is 37.4 Å². The van der Waals surface area contributed by atoms with Crippen LogP contribution in [0, 0.1) is 11.3 Å². The van der Waals surface area contributed by atoms with Crippen molar-refractivity contribution in [1.82, 2.24) is 4.98 Å². The summed E-state index contributed by atoms with van der Waals surface area (Å²) < 4.78 is 0. The lowest BCUT2D eigenvalue weighted by Crippen LogP contribution is -2.17. The predicted molar refractivity (Wildman–Crippen MR) is 71.9 cm³/mol. The summed E-state index contributed by atoms with van der Waals surface area (Å²) in [6.45, 7) is 0.736. The van der Waals surface area contributed by atoms with Crippen LogP contribution in [0.4, 0.5) is 11.4 Å². The number of anilines is 2. The van der Waals surface area contributed by atoms with E-state index in [0.29, 0.717) is 11.3 Å². The Balaban J connectivity index is 2.14. The first-order chi connectivity index (χ1) is 8.70. The minimum Gasteiger partial charge on any atom is -0.396 e. The van der Waals surface area contributed by atoms with Crippen molar-refractivity contribution in [2.24, 2.45) is 0 Å². The van der Waals surface area contributed by atoms with Gasteiger partial charge in [0.1, 0.15) is 0 Å². The number of pyridine rings is 1. The third-order valence-corrected chi connectivity index (χ3v) is 2.74. The molecule has 18 heavy (non-hydrogen) atoms. The van der Waals surface area contributed by atoms with E-state index >= 15 is 0 Å². The first kappa shape index (κ1) is 11.9.